The van der Waals surface area contributed by atoms with Crippen molar-refractivity contribution in [2.24, 2.45) is 17.8 Å². The maximum absolute atomic E-state index is 12.5. The first-order chi connectivity index (χ1) is 11.4. The van der Waals surface area contributed by atoms with Gasteiger partial charge in [0.2, 0.25) is 0 Å². The molecule has 1 aromatic carbocycles. The van der Waals surface area contributed by atoms with Crippen molar-refractivity contribution in [1.29, 1.82) is 0 Å². The Balaban J connectivity index is 1.44. The van der Waals surface area contributed by atoms with Gasteiger partial charge in [-0.05, 0) is 87.3 Å². The number of carbonyl (C=O) groups is 2. The molecule has 4 aliphatic rings. The summed E-state index contributed by atoms with van der Waals surface area (Å²) in [5.41, 5.74) is 2.64. The number of hydrogen-bond acceptors (Lipinski definition) is 2. The van der Waals surface area contributed by atoms with Gasteiger partial charge in [0.1, 0.15) is 0 Å². The van der Waals surface area contributed by atoms with E-state index in [9.17, 15) is 9.59 Å². The molecule has 4 bridgehead atoms. The molecule has 4 aliphatic carbocycles. The van der Waals surface area contributed by atoms with Crippen molar-refractivity contribution < 1.29 is 9.59 Å². The first kappa shape index (κ1) is 15.7. The molecule has 0 unspecified atom stereocenters. The molecule has 4 saturated carbocycles. The Bertz CT molecular complexity index is 660. The van der Waals surface area contributed by atoms with Gasteiger partial charge in [0, 0.05) is 11.2 Å². The zero-order chi connectivity index (χ0) is 16.9. The lowest BCUT2D eigenvalue weighted by atomic mass is 9.53. The first-order valence-electron chi connectivity index (χ1n) is 9.13. The van der Waals surface area contributed by atoms with E-state index >= 15 is 0 Å². The molecule has 24 heavy (non-hydrogen) atoms. The van der Waals surface area contributed by atoms with Gasteiger partial charge in [-0.2, -0.15) is 0 Å². The van der Waals surface area contributed by atoms with Crippen molar-refractivity contribution in [3.05, 3.63) is 29.3 Å². The summed E-state index contributed by atoms with van der Waals surface area (Å²) in [4.78, 5) is 24.9. The van der Waals surface area contributed by atoms with E-state index in [1.54, 1.807) is 0 Å². The fraction of sp³-hybridized carbons (Fsp3) is 0.600. The van der Waals surface area contributed by atoms with Crippen LogP contribution in [0.1, 0.15) is 49.7 Å². The molecule has 0 heterocycles. The fourth-order valence-electron chi connectivity index (χ4n) is 5.61. The van der Waals surface area contributed by atoms with E-state index in [1.807, 2.05) is 32.0 Å². The molecule has 0 atom stereocenters. The minimum absolute atomic E-state index is 0.120. The molecule has 0 saturated heterocycles. The smallest absolute Gasteiger partial charge is 0.313 e. The summed E-state index contributed by atoms with van der Waals surface area (Å²) in [6.07, 6.45) is 7.14. The van der Waals surface area contributed by atoms with Gasteiger partial charge in [-0.25, -0.2) is 0 Å². The molecule has 0 radical (unpaired) electrons. The molecule has 2 N–H and O–H groups in total. The van der Waals surface area contributed by atoms with Crippen LogP contribution in [0.3, 0.4) is 0 Å². The van der Waals surface area contributed by atoms with Crippen LogP contribution in [0.15, 0.2) is 18.2 Å². The molecular weight excluding hydrogens is 300 g/mol. The van der Waals surface area contributed by atoms with Crippen LogP contribution in [0.5, 0.6) is 0 Å². The zero-order valence-electron chi connectivity index (χ0n) is 14.5. The first-order valence-corrected chi connectivity index (χ1v) is 9.13. The molecule has 0 aromatic heterocycles. The summed E-state index contributed by atoms with van der Waals surface area (Å²) in [6.45, 7) is 3.91. The Morgan fingerprint density at radius 3 is 2.12 bits per heavy atom. The number of hydrogen-bond donors (Lipinski definition) is 2. The van der Waals surface area contributed by atoms with Crippen LogP contribution >= 0.6 is 0 Å². The molecule has 0 aliphatic heterocycles. The second kappa shape index (κ2) is 5.61. The highest BCUT2D eigenvalue weighted by Crippen LogP contribution is 2.55. The molecule has 0 spiro atoms. The van der Waals surface area contributed by atoms with Crippen LogP contribution in [0.2, 0.25) is 0 Å². The van der Waals surface area contributed by atoms with E-state index in [0.29, 0.717) is 0 Å². The van der Waals surface area contributed by atoms with Crippen LogP contribution < -0.4 is 10.6 Å². The van der Waals surface area contributed by atoms with E-state index in [0.717, 1.165) is 53.8 Å². The maximum atomic E-state index is 12.5. The van der Waals surface area contributed by atoms with Gasteiger partial charge < -0.3 is 10.6 Å². The van der Waals surface area contributed by atoms with Crippen LogP contribution in [0, 0.1) is 31.6 Å². The summed E-state index contributed by atoms with van der Waals surface area (Å²) in [6, 6.07) is 5.87. The number of nitrogens with one attached hydrogen (secondary N) is 2. The predicted octanol–water partition coefficient (Wildman–Crippen LogP) is 3.33. The molecular formula is C20H26N2O2. The average molecular weight is 326 g/mol. The zero-order valence-corrected chi connectivity index (χ0v) is 14.5. The molecule has 2 amide bonds. The molecule has 4 nitrogen and oxygen atoms in total. The second-order valence-electron chi connectivity index (χ2n) is 8.42. The third-order valence-corrected chi connectivity index (χ3v) is 6.26. The minimum atomic E-state index is -0.542. The number of aryl methyl sites for hydroxylation is 2. The number of anilines is 1. The van der Waals surface area contributed by atoms with Crippen molar-refractivity contribution >= 4 is 17.5 Å². The monoisotopic (exact) mass is 326 g/mol. The molecule has 1 aromatic rings. The fourth-order valence-corrected chi connectivity index (χ4v) is 5.61. The average Bonchev–Trinajstić information content (AvgIpc) is 2.49. The molecule has 128 valence electrons. The van der Waals surface area contributed by atoms with Crippen LogP contribution in [-0.2, 0) is 9.59 Å². The van der Waals surface area contributed by atoms with Gasteiger partial charge in [-0.3, -0.25) is 9.59 Å². The Labute approximate surface area is 143 Å². The highest BCUT2D eigenvalue weighted by Gasteiger charge is 2.51. The third-order valence-electron chi connectivity index (χ3n) is 6.26. The third kappa shape index (κ3) is 2.83. The van der Waals surface area contributed by atoms with Gasteiger partial charge in [0.15, 0.2) is 0 Å². The molecule has 4 heteroatoms. The number of amides is 2. The van der Waals surface area contributed by atoms with Gasteiger partial charge in [-0.15, -0.1) is 0 Å². The largest absolute Gasteiger partial charge is 0.342 e. The Morgan fingerprint density at radius 1 is 0.958 bits per heavy atom. The number of benzene rings is 1. The SMILES string of the molecule is Cc1ccc(C)c(NC(=O)C(=O)NC23CC4CC(CC(C4)C2)C3)c1. The lowest BCUT2D eigenvalue weighted by molar-refractivity contribution is -0.139. The summed E-state index contributed by atoms with van der Waals surface area (Å²) >= 11 is 0. The van der Waals surface area contributed by atoms with Crippen molar-refractivity contribution in [3.63, 3.8) is 0 Å². The van der Waals surface area contributed by atoms with Crippen LogP contribution in [0.4, 0.5) is 5.69 Å². The molecule has 5 rings (SSSR count). The van der Waals surface area contributed by atoms with Crippen molar-refractivity contribution in [3.8, 4) is 0 Å². The number of carbonyl (C=O) groups excluding carboxylic acids is 2. The highest BCUT2D eigenvalue weighted by atomic mass is 16.2. The summed E-state index contributed by atoms with van der Waals surface area (Å²) in [5, 5.41) is 5.91. The lowest BCUT2D eigenvalue weighted by Gasteiger charge is -2.56. The van der Waals surface area contributed by atoms with E-state index in [-0.39, 0.29) is 5.54 Å². The van der Waals surface area contributed by atoms with Crippen LogP contribution in [-0.4, -0.2) is 17.4 Å². The maximum Gasteiger partial charge on any atom is 0.313 e. The Morgan fingerprint density at radius 2 is 1.54 bits per heavy atom. The normalized spacial score (nSPS) is 33.3. The van der Waals surface area contributed by atoms with Crippen molar-refractivity contribution in [2.45, 2.75) is 57.9 Å². The lowest BCUT2D eigenvalue weighted by Crippen LogP contribution is -2.61. The van der Waals surface area contributed by atoms with Crippen LogP contribution in [0.25, 0.3) is 0 Å². The van der Waals surface area contributed by atoms with Crippen molar-refractivity contribution in [1.82, 2.24) is 5.32 Å². The molecule has 4 fully saturated rings. The Hall–Kier alpha value is -1.84. The Kier molecular flexibility index (Phi) is 3.66. The standard InChI is InChI=1S/C20H26N2O2/c1-12-3-4-13(2)17(5-12)21-18(23)19(24)22-20-9-14-6-15(10-20)8-16(7-14)11-20/h3-5,14-16H,6-11H2,1-2H3,(H,21,23)(H,22,24). The van der Waals surface area contributed by atoms with Gasteiger partial charge in [-0.1, -0.05) is 12.1 Å². The topological polar surface area (TPSA) is 58.2 Å². The highest BCUT2D eigenvalue weighted by molar-refractivity contribution is 6.39. The van der Waals surface area contributed by atoms with Gasteiger partial charge in [0.05, 0.1) is 0 Å². The number of rotatable bonds is 2. The van der Waals surface area contributed by atoms with E-state index < -0.39 is 11.8 Å². The second-order valence-corrected chi connectivity index (χ2v) is 8.42. The van der Waals surface area contributed by atoms with E-state index in [2.05, 4.69) is 10.6 Å². The van der Waals surface area contributed by atoms with E-state index in [1.165, 1.54) is 19.3 Å². The summed E-state index contributed by atoms with van der Waals surface area (Å²) < 4.78 is 0. The predicted molar refractivity (Wildman–Crippen MR) is 93.6 cm³/mol. The summed E-state index contributed by atoms with van der Waals surface area (Å²) in [5.74, 6) is 1.23. The van der Waals surface area contributed by atoms with Crippen molar-refractivity contribution in [2.75, 3.05) is 5.32 Å². The van der Waals surface area contributed by atoms with Gasteiger partial charge >= 0.3 is 11.8 Å². The van der Waals surface area contributed by atoms with E-state index in [4.69, 9.17) is 0 Å². The quantitative estimate of drug-likeness (QED) is 0.819. The minimum Gasteiger partial charge on any atom is -0.342 e. The summed E-state index contributed by atoms with van der Waals surface area (Å²) in [7, 11) is 0. The van der Waals surface area contributed by atoms with Gasteiger partial charge in [0.25, 0.3) is 0 Å².